The van der Waals surface area contributed by atoms with Gasteiger partial charge in [-0.3, -0.25) is 0 Å². The summed E-state index contributed by atoms with van der Waals surface area (Å²) in [5.41, 5.74) is -0.863. The van der Waals surface area contributed by atoms with Crippen molar-refractivity contribution in [1.29, 1.82) is 0 Å². The van der Waals surface area contributed by atoms with E-state index in [0.717, 1.165) is 38.5 Å². The average Bonchev–Trinajstić information content (AvgIpc) is 3.30. The first kappa shape index (κ1) is 17.4. The molecular weight excluding hydrogens is 292 g/mol. The van der Waals surface area contributed by atoms with Crippen LogP contribution in [0.4, 0.5) is 0 Å². The molecule has 1 aliphatic carbocycles. The van der Waals surface area contributed by atoms with Crippen molar-refractivity contribution in [3.05, 3.63) is 11.6 Å². The number of hydrogen-bond donors (Lipinski definition) is 1. The molecule has 0 radical (unpaired) electrons. The zero-order valence-electron chi connectivity index (χ0n) is 15.1. The fraction of sp³-hybridized carbons (Fsp3) is 0.895. The van der Waals surface area contributed by atoms with Crippen molar-refractivity contribution in [1.82, 2.24) is 0 Å². The fourth-order valence-corrected chi connectivity index (χ4v) is 4.93. The maximum Gasteiger partial charge on any atom is 0.150 e. The van der Waals surface area contributed by atoms with E-state index < -0.39 is 16.8 Å². The Hall–Kier alpha value is -0.420. The third-order valence-electron chi connectivity index (χ3n) is 6.43. The lowest BCUT2D eigenvalue weighted by molar-refractivity contribution is -0.289. The highest BCUT2D eigenvalue weighted by atomic mass is 16.6. The van der Waals surface area contributed by atoms with Gasteiger partial charge < -0.3 is 19.3 Å². The molecule has 3 fully saturated rings. The van der Waals surface area contributed by atoms with E-state index in [1.165, 1.54) is 5.57 Å². The smallest absolute Gasteiger partial charge is 0.150 e. The van der Waals surface area contributed by atoms with Gasteiger partial charge in [0, 0.05) is 13.7 Å². The molecule has 4 heteroatoms. The molecule has 0 aromatic rings. The van der Waals surface area contributed by atoms with E-state index in [1.807, 2.05) is 0 Å². The second kappa shape index (κ2) is 6.14. The number of methoxy groups -OCH3 is 1. The van der Waals surface area contributed by atoms with Crippen molar-refractivity contribution in [2.75, 3.05) is 20.3 Å². The van der Waals surface area contributed by atoms with E-state index in [4.69, 9.17) is 14.2 Å². The number of allylic oxidation sites excluding steroid dienone is 2. The first-order valence-corrected chi connectivity index (χ1v) is 9.06. The van der Waals surface area contributed by atoms with E-state index in [9.17, 15) is 5.11 Å². The van der Waals surface area contributed by atoms with Crippen LogP contribution in [0.3, 0.4) is 0 Å². The van der Waals surface area contributed by atoms with Crippen molar-refractivity contribution < 1.29 is 19.3 Å². The molecule has 2 aliphatic heterocycles. The molecule has 132 valence electrons. The van der Waals surface area contributed by atoms with Crippen molar-refractivity contribution in [3.63, 3.8) is 0 Å². The van der Waals surface area contributed by atoms with Gasteiger partial charge in [-0.05, 0) is 65.2 Å². The lowest BCUT2D eigenvalue weighted by Crippen LogP contribution is -2.73. The predicted octanol–water partition coefficient (Wildman–Crippen LogP) is 3.23. The van der Waals surface area contributed by atoms with Gasteiger partial charge in [0.15, 0.2) is 5.60 Å². The van der Waals surface area contributed by atoms with Crippen LogP contribution < -0.4 is 0 Å². The van der Waals surface area contributed by atoms with Gasteiger partial charge in [-0.2, -0.15) is 0 Å². The van der Waals surface area contributed by atoms with Crippen LogP contribution in [-0.2, 0) is 14.2 Å². The van der Waals surface area contributed by atoms with Gasteiger partial charge in [0.25, 0.3) is 0 Å². The second-order valence-electron chi connectivity index (χ2n) is 7.98. The Bertz CT molecular complexity index is 466. The summed E-state index contributed by atoms with van der Waals surface area (Å²) in [6, 6.07) is 0. The molecule has 1 spiro atoms. The van der Waals surface area contributed by atoms with Crippen molar-refractivity contribution in [2.24, 2.45) is 5.92 Å². The Labute approximate surface area is 140 Å². The van der Waals surface area contributed by atoms with Crippen LogP contribution >= 0.6 is 0 Å². The van der Waals surface area contributed by atoms with Crippen molar-refractivity contribution in [3.8, 4) is 0 Å². The SMILES string of the molecule is COC1CCCC2(CO2)C1(O)C1(C)OCCCC1CC=C(C)C. The maximum absolute atomic E-state index is 11.9. The van der Waals surface area contributed by atoms with Gasteiger partial charge in [0.05, 0.1) is 12.7 Å². The minimum atomic E-state index is -1.08. The first-order chi connectivity index (χ1) is 10.9. The van der Waals surface area contributed by atoms with Gasteiger partial charge in [-0.15, -0.1) is 0 Å². The summed E-state index contributed by atoms with van der Waals surface area (Å²) in [5.74, 6) is 0.285. The van der Waals surface area contributed by atoms with Gasteiger partial charge in [-0.25, -0.2) is 0 Å². The van der Waals surface area contributed by atoms with Crippen molar-refractivity contribution in [2.45, 2.75) is 82.2 Å². The molecular formula is C19H32O4. The Balaban J connectivity index is 1.97. The minimum absolute atomic E-state index is 0.226. The number of epoxide rings is 1. The molecule has 1 saturated carbocycles. The maximum atomic E-state index is 11.9. The first-order valence-electron chi connectivity index (χ1n) is 9.06. The van der Waals surface area contributed by atoms with E-state index in [1.54, 1.807) is 7.11 Å². The Kier molecular flexibility index (Phi) is 4.65. The lowest BCUT2D eigenvalue weighted by Gasteiger charge is -2.57. The predicted molar refractivity (Wildman–Crippen MR) is 89.4 cm³/mol. The summed E-state index contributed by atoms with van der Waals surface area (Å²) in [5, 5.41) is 11.9. The topological polar surface area (TPSA) is 51.2 Å². The van der Waals surface area contributed by atoms with Gasteiger partial charge in [0.1, 0.15) is 11.2 Å². The summed E-state index contributed by atoms with van der Waals surface area (Å²) < 4.78 is 17.9. The summed E-state index contributed by atoms with van der Waals surface area (Å²) in [6.07, 6.45) is 7.92. The molecule has 3 rings (SSSR count). The number of aliphatic hydroxyl groups is 1. The van der Waals surface area contributed by atoms with E-state index in [-0.39, 0.29) is 12.0 Å². The van der Waals surface area contributed by atoms with Crippen LogP contribution in [-0.4, -0.2) is 48.3 Å². The molecule has 5 atom stereocenters. The van der Waals surface area contributed by atoms with Gasteiger partial charge >= 0.3 is 0 Å². The van der Waals surface area contributed by atoms with Gasteiger partial charge in [-0.1, -0.05) is 11.6 Å². The fourth-order valence-electron chi connectivity index (χ4n) is 4.93. The average molecular weight is 324 g/mol. The summed E-state index contributed by atoms with van der Waals surface area (Å²) >= 11 is 0. The Morgan fingerprint density at radius 1 is 1.26 bits per heavy atom. The summed E-state index contributed by atoms with van der Waals surface area (Å²) in [6.45, 7) is 7.67. The standard InChI is InChI=1S/C19H32O4/c1-14(2)9-10-15-7-6-12-22-17(15,3)19(20)16(21-4)8-5-11-18(19)13-23-18/h9,15-16,20H,5-8,10-13H2,1-4H3. The van der Waals surface area contributed by atoms with E-state index in [2.05, 4.69) is 26.8 Å². The normalized spacial score (nSPS) is 46.7. The third kappa shape index (κ3) is 2.58. The minimum Gasteiger partial charge on any atom is -0.381 e. The molecule has 4 nitrogen and oxygen atoms in total. The van der Waals surface area contributed by atoms with Crippen LogP contribution in [0.15, 0.2) is 11.6 Å². The largest absolute Gasteiger partial charge is 0.381 e. The van der Waals surface area contributed by atoms with E-state index >= 15 is 0 Å². The monoisotopic (exact) mass is 324 g/mol. The molecule has 2 saturated heterocycles. The lowest BCUT2D eigenvalue weighted by atomic mass is 9.59. The number of ether oxygens (including phenoxy) is 3. The van der Waals surface area contributed by atoms with Gasteiger partial charge in [0.2, 0.25) is 0 Å². The summed E-state index contributed by atoms with van der Waals surface area (Å²) in [7, 11) is 1.70. The second-order valence-corrected chi connectivity index (χ2v) is 7.98. The Morgan fingerprint density at radius 3 is 2.61 bits per heavy atom. The zero-order chi connectivity index (χ0) is 16.7. The molecule has 0 aromatic heterocycles. The molecule has 1 N–H and O–H groups in total. The number of hydrogen-bond acceptors (Lipinski definition) is 4. The van der Waals surface area contributed by atoms with Crippen LogP contribution in [0, 0.1) is 5.92 Å². The zero-order valence-corrected chi connectivity index (χ0v) is 15.1. The van der Waals surface area contributed by atoms with Crippen LogP contribution in [0.5, 0.6) is 0 Å². The quantitative estimate of drug-likeness (QED) is 0.637. The highest BCUT2D eigenvalue weighted by Crippen LogP contribution is 2.58. The molecule has 0 aromatic carbocycles. The van der Waals surface area contributed by atoms with Crippen LogP contribution in [0.2, 0.25) is 0 Å². The molecule has 23 heavy (non-hydrogen) atoms. The highest BCUT2D eigenvalue weighted by Gasteiger charge is 2.74. The van der Waals surface area contributed by atoms with Crippen molar-refractivity contribution >= 4 is 0 Å². The van der Waals surface area contributed by atoms with Crippen LogP contribution in [0.1, 0.15) is 59.3 Å². The van der Waals surface area contributed by atoms with E-state index in [0.29, 0.717) is 13.2 Å². The molecule has 0 bridgehead atoms. The molecule has 5 unspecified atom stereocenters. The molecule has 3 aliphatic rings. The third-order valence-corrected chi connectivity index (χ3v) is 6.43. The highest BCUT2D eigenvalue weighted by molar-refractivity contribution is 5.24. The molecule has 2 heterocycles. The number of rotatable bonds is 4. The summed E-state index contributed by atoms with van der Waals surface area (Å²) in [4.78, 5) is 0. The Morgan fingerprint density at radius 2 is 2.00 bits per heavy atom. The van der Waals surface area contributed by atoms with Crippen LogP contribution in [0.25, 0.3) is 0 Å². The molecule has 0 amide bonds.